The van der Waals surface area contributed by atoms with Crippen molar-refractivity contribution >= 4 is 22.7 Å². The molecule has 1 aromatic carbocycles. The van der Waals surface area contributed by atoms with Crippen molar-refractivity contribution in [2.24, 2.45) is 0 Å². The van der Waals surface area contributed by atoms with E-state index in [0.717, 1.165) is 18.8 Å². The number of likely N-dealkylation sites (N-methyl/N-ethyl adjacent to an activating group) is 1. The van der Waals surface area contributed by atoms with Crippen LogP contribution in [0.5, 0.6) is 0 Å². The zero-order valence-electron chi connectivity index (χ0n) is 15.4. The predicted molar refractivity (Wildman–Crippen MR) is 104 cm³/mol. The fourth-order valence-corrected chi connectivity index (χ4v) is 3.08. The topological polar surface area (TPSA) is 87.7 Å². The van der Waals surface area contributed by atoms with Gasteiger partial charge in [0.1, 0.15) is 11.3 Å². The summed E-state index contributed by atoms with van der Waals surface area (Å²) in [7, 11) is 0. The molecule has 0 fully saturated rings. The van der Waals surface area contributed by atoms with E-state index in [9.17, 15) is 9.59 Å². The molecule has 7 nitrogen and oxygen atoms in total. The molecule has 0 bridgehead atoms. The van der Waals surface area contributed by atoms with Crippen LogP contribution in [0.2, 0.25) is 0 Å². The first-order valence-corrected chi connectivity index (χ1v) is 8.96. The van der Waals surface area contributed by atoms with Gasteiger partial charge in [-0.2, -0.15) is 0 Å². The third-order valence-electron chi connectivity index (χ3n) is 4.50. The van der Waals surface area contributed by atoms with Gasteiger partial charge in [-0.15, -0.1) is 0 Å². The fourth-order valence-electron chi connectivity index (χ4n) is 3.08. The second-order valence-electron chi connectivity index (χ2n) is 6.08. The first kappa shape index (κ1) is 18.7. The Morgan fingerprint density at radius 3 is 2.63 bits per heavy atom. The minimum absolute atomic E-state index is 0.0515. The van der Waals surface area contributed by atoms with Crippen molar-refractivity contribution in [2.75, 3.05) is 25.0 Å². The van der Waals surface area contributed by atoms with Gasteiger partial charge in [-0.3, -0.25) is 9.69 Å². The highest BCUT2D eigenvalue weighted by Crippen LogP contribution is 2.20. The number of benzene rings is 1. The van der Waals surface area contributed by atoms with E-state index in [1.807, 2.05) is 12.1 Å². The van der Waals surface area contributed by atoms with Gasteiger partial charge < -0.3 is 19.5 Å². The molecule has 0 radical (unpaired) electrons. The van der Waals surface area contributed by atoms with Crippen molar-refractivity contribution in [1.29, 1.82) is 0 Å². The van der Waals surface area contributed by atoms with Crippen LogP contribution in [0.1, 0.15) is 25.6 Å². The summed E-state index contributed by atoms with van der Waals surface area (Å²) in [5.41, 5.74) is 0.850. The minimum atomic E-state index is -0.349. The fraction of sp³-hybridized carbons (Fsp3) is 0.300. The Labute approximate surface area is 157 Å². The van der Waals surface area contributed by atoms with Gasteiger partial charge in [0.15, 0.2) is 5.43 Å². The maximum absolute atomic E-state index is 12.3. The van der Waals surface area contributed by atoms with Gasteiger partial charge in [0.2, 0.25) is 0 Å². The number of furan rings is 1. The van der Waals surface area contributed by atoms with Crippen LogP contribution in [0, 0.1) is 0 Å². The number of hydrogen-bond acceptors (Lipinski definition) is 5. The van der Waals surface area contributed by atoms with Gasteiger partial charge in [0.25, 0.3) is 0 Å². The molecule has 0 unspecified atom stereocenters. The summed E-state index contributed by atoms with van der Waals surface area (Å²) in [4.78, 5) is 26.4. The SMILES string of the molecule is CCN(CC)[C@H](CNC(=O)Nc1ccc2occc(=O)c2c1)c1ccco1. The number of fused-ring (bicyclic) bond motifs is 1. The van der Waals surface area contributed by atoms with Crippen LogP contribution >= 0.6 is 0 Å². The average molecular weight is 369 g/mol. The molecule has 3 aromatic rings. The largest absolute Gasteiger partial charge is 0.468 e. The predicted octanol–water partition coefficient (Wildman–Crippen LogP) is 3.59. The molecule has 0 aliphatic rings. The molecule has 0 spiro atoms. The Morgan fingerprint density at radius 2 is 1.93 bits per heavy atom. The molecule has 2 heterocycles. The van der Waals surface area contributed by atoms with E-state index in [0.29, 0.717) is 23.2 Å². The highest BCUT2D eigenvalue weighted by atomic mass is 16.3. The molecule has 0 saturated carbocycles. The van der Waals surface area contributed by atoms with Crippen molar-refractivity contribution < 1.29 is 13.6 Å². The third-order valence-corrected chi connectivity index (χ3v) is 4.50. The molecule has 0 aliphatic carbocycles. The molecule has 0 saturated heterocycles. The second-order valence-corrected chi connectivity index (χ2v) is 6.08. The standard InChI is InChI=1S/C20H23N3O4/c1-3-23(4-2)16(19-6-5-10-26-19)13-21-20(25)22-14-7-8-18-15(12-14)17(24)9-11-27-18/h5-12,16H,3-4,13H2,1-2H3,(H2,21,22,25)/t16-/m1/s1. The summed E-state index contributed by atoms with van der Waals surface area (Å²) in [6.45, 7) is 6.22. The Bertz CT molecular complexity index is 945. The molecular formula is C20H23N3O4. The van der Waals surface area contributed by atoms with Crippen LogP contribution < -0.4 is 16.1 Å². The number of rotatable bonds is 7. The molecular weight excluding hydrogens is 346 g/mol. The molecule has 2 amide bonds. The number of nitrogens with one attached hydrogen (secondary N) is 2. The number of anilines is 1. The van der Waals surface area contributed by atoms with E-state index in [1.54, 1.807) is 24.5 Å². The Morgan fingerprint density at radius 1 is 1.11 bits per heavy atom. The molecule has 3 rings (SSSR count). The Kier molecular flexibility index (Phi) is 5.93. The van der Waals surface area contributed by atoms with Gasteiger partial charge in [-0.05, 0) is 43.4 Å². The van der Waals surface area contributed by atoms with Gasteiger partial charge >= 0.3 is 6.03 Å². The summed E-state index contributed by atoms with van der Waals surface area (Å²) in [5, 5.41) is 6.06. The lowest BCUT2D eigenvalue weighted by molar-refractivity contribution is 0.188. The summed E-state index contributed by atoms with van der Waals surface area (Å²) in [6.07, 6.45) is 2.99. The molecule has 2 aromatic heterocycles. The summed E-state index contributed by atoms with van der Waals surface area (Å²) in [6, 6.07) is 9.66. The van der Waals surface area contributed by atoms with Crippen LogP contribution in [-0.4, -0.2) is 30.6 Å². The van der Waals surface area contributed by atoms with E-state index < -0.39 is 0 Å². The number of amides is 2. The highest BCUT2D eigenvalue weighted by molar-refractivity contribution is 5.92. The molecule has 7 heteroatoms. The van der Waals surface area contributed by atoms with Crippen LogP contribution in [0.15, 0.2) is 62.6 Å². The summed E-state index contributed by atoms with van der Waals surface area (Å²) < 4.78 is 10.8. The normalized spacial score (nSPS) is 12.3. The zero-order valence-corrected chi connectivity index (χ0v) is 15.4. The highest BCUT2D eigenvalue weighted by Gasteiger charge is 2.21. The van der Waals surface area contributed by atoms with E-state index in [1.165, 1.54) is 12.3 Å². The van der Waals surface area contributed by atoms with Crippen molar-refractivity contribution in [3.8, 4) is 0 Å². The Hall–Kier alpha value is -3.06. The maximum atomic E-state index is 12.3. The zero-order chi connectivity index (χ0) is 19.2. The molecule has 27 heavy (non-hydrogen) atoms. The van der Waals surface area contributed by atoms with Crippen LogP contribution in [0.3, 0.4) is 0 Å². The second kappa shape index (κ2) is 8.55. The molecule has 142 valence electrons. The van der Waals surface area contributed by atoms with Crippen molar-refractivity contribution in [3.63, 3.8) is 0 Å². The lowest BCUT2D eigenvalue weighted by atomic mass is 10.2. The molecule has 2 N–H and O–H groups in total. The first-order valence-electron chi connectivity index (χ1n) is 8.96. The van der Waals surface area contributed by atoms with Gasteiger partial charge in [0.05, 0.1) is 24.0 Å². The minimum Gasteiger partial charge on any atom is -0.468 e. The summed E-state index contributed by atoms with van der Waals surface area (Å²) >= 11 is 0. The van der Waals surface area contributed by atoms with E-state index in [4.69, 9.17) is 8.83 Å². The molecule has 0 aliphatic heterocycles. The number of carbonyl (C=O) groups is 1. The van der Waals surface area contributed by atoms with Crippen LogP contribution in [0.4, 0.5) is 10.5 Å². The van der Waals surface area contributed by atoms with Gasteiger partial charge in [-0.1, -0.05) is 13.8 Å². The lowest BCUT2D eigenvalue weighted by Crippen LogP contribution is -2.39. The van der Waals surface area contributed by atoms with Crippen LogP contribution in [0.25, 0.3) is 11.0 Å². The smallest absolute Gasteiger partial charge is 0.319 e. The lowest BCUT2D eigenvalue weighted by Gasteiger charge is -2.28. The van der Waals surface area contributed by atoms with E-state index in [2.05, 4.69) is 29.4 Å². The maximum Gasteiger partial charge on any atom is 0.319 e. The molecule has 1 atom stereocenters. The average Bonchev–Trinajstić information content (AvgIpc) is 3.20. The number of urea groups is 1. The third kappa shape index (κ3) is 4.38. The number of hydrogen-bond donors (Lipinski definition) is 2. The summed E-state index contributed by atoms with van der Waals surface area (Å²) in [5.74, 6) is 0.808. The Balaban J connectivity index is 1.68. The van der Waals surface area contributed by atoms with Crippen molar-refractivity contribution in [1.82, 2.24) is 10.2 Å². The monoisotopic (exact) mass is 369 g/mol. The first-order chi connectivity index (χ1) is 13.1. The van der Waals surface area contributed by atoms with Gasteiger partial charge in [0, 0.05) is 18.3 Å². The number of carbonyl (C=O) groups excluding carboxylic acids is 1. The van der Waals surface area contributed by atoms with Crippen molar-refractivity contribution in [3.05, 3.63) is 64.9 Å². The quantitative estimate of drug-likeness (QED) is 0.664. The van der Waals surface area contributed by atoms with Crippen molar-refractivity contribution in [2.45, 2.75) is 19.9 Å². The van der Waals surface area contributed by atoms with Gasteiger partial charge in [-0.25, -0.2) is 4.79 Å². The number of nitrogens with zero attached hydrogens (tertiary/aromatic N) is 1. The van der Waals surface area contributed by atoms with Crippen LogP contribution in [-0.2, 0) is 0 Å². The van der Waals surface area contributed by atoms with E-state index in [-0.39, 0.29) is 17.5 Å². The van der Waals surface area contributed by atoms with E-state index >= 15 is 0 Å².